The molecule has 2 rings (SSSR count). The van der Waals surface area contributed by atoms with Crippen LogP contribution in [0.1, 0.15) is 12.5 Å². The van der Waals surface area contributed by atoms with Gasteiger partial charge in [-0.25, -0.2) is 0 Å². The van der Waals surface area contributed by atoms with Crippen LogP contribution in [0.15, 0.2) is 18.2 Å². The predicted molar refractivity (Wildman–Crippen MR) is 61.7 cm³/mol. The standard InChI is InChI=1S/C11H14BNO2/c1-8(14)6-13-10-5-3-4-9-7-15-12(2)11(9)10/h3-5,13H,6-7H2,1-2H3. The van der Waals surface area contributed by atoms with E-state index in [9.17, 15) is 4.79 Å². The molecule has 0 fully saturated rings. The van der Waals surface area contributed by atoms with Gasteiger partial charge in [-0.3, -0.25) is 4.79 Å². The Morgan fingerprint density at radius 1 is 1.60 bits per heavy atom. The molecule has 1 N–H and O–H groups in total. The highest BCUT2D eigenvalue weighted by Crippen LogP contribution is 2.16. The first kappa shape index (κ1) is 10.2. The smallest absolute Gasteiger partial charge is 0.326 e. The topological polar surface area (TPSA) is 38.3 Å². The second-order valence-electron chi connectivity index (χ2n) is 3.89. The highest BCUT2D eigenvalue weighted by Gasteiger charge is 2.25. The van der Waals surface area contributed by atoms with Crippen LogP contribution < -0.4 is 10.8 Å². The van der Waals surface area contributed by atoms with Crippen molar-refractivity contribution < 1.29 is 9.45 Å². The van der Waals surface area contributed by atoms with Crippen molar-refractivity contribution in [1.82, 2.24) is 0 Å². The Morgan fingerprint density at radius 2 is 2.40 bits per heavy atom. The summed E-state index contributed by atoms with van der Waals surface area (Å²) in [4.78, 5) is 10.9. The molecule has 0 aromatic heterocycles. The number of carbonyl (C=O) groups excluding carboxylic acids is 1. The number of Topliss-reactive ketones (excluding diaryl/α,β-unsaturated/α-hetero) is 1. The number of nitrogens with one attached hydrogen (secondary N) is 1. The van der Waals surface area contributed by atoms with Gasteiger partial charge in [-0.15, -0.1) is 0 Å². The zero-order chi connectivity index (χ0) is 10.8. The fraction of sp³-hybridized carbons (Fsp3) is 0.364. The molecule has 15 heavy (non-hydrogen) atoms. The van der Waals surface area contributed by atoms with E-state index >= 15 is 0 Å². The highest BCUT2D eigenvalue weighted by molar-refractivity contribution is 6.69. The summed E-state index contributed by atoms with van der Waals surface area (Å²) in [7, 11) is 0. The molecule has 1 aliphatic rings. The Morgan fingerprint density at radius 3 is 3.13 bits per heavy atom. The molecule has 1 aliphatic heterocycles. The molecule has 3 nitrogen and oxygen atoms in total. The van der Waals surface area contributed by atoms with Gasteiger partial charge in [0.05, 0.1) is 13.2 Å². The molecule has 1 aromatic carbocycles. The quantitative estimate of drug-likeness (QED) is 0.746. The van der Waals surface area contributed by atoms with Crippen LogP contribution in [-0.4, -0.2) is 19.2 Å². The van der Waals surface area contributed by atoms with Gasteiger partial charge in [0.25, 0.3) is 0 Å². The van der Waals surface area contributed by atoms with E-state index in [1.54, 1.807) is 6.92 Å². The van der Waals surface area contributed by atoms with E-state index in [0.717, 1.165) is 5.69 Å². The third-order valence-corrected chi connectivity index (χ3v) is 2.62. The van der Waals surface area contributed by atoms with Gasteiger partial charge in [-0.1, -0.05) is 19.0 Å². The van der Waals surface area contributed by atoms with Crippen LogP contribution >= 0.6 is 0 Å². The molecule has 0 aliphatic carbocycles. The summed E-state index contributed by atoms with van der Waals surface area (Å²) in [5, 5.41) is 3.15. The normalized spacial score (nSPS) is 13.9. The van der Waals surface area contributed by atoms with Crippen molar-refractivity contribution in [2.24, 2.45) is 0 Å². The van der Waals surface area contributed by atoms with Crippen LogP contribution in [0.5, 0.6) is 0 Å². The highest BCUT2D eigenvalue weighted by atomic mass is 16.4. The van der Waals surface area contributed by atoms with Crippen LogP contribution in [-0.2, 0) is 16.1 Å². The van der Waals surface area contributed by atoms with Crippen molar-refractivity contribution >= 4 is 23.8 Å². The van der Waals surface area contributed by atoms with Gasteiger partial charge < -0.3 is 9.97 Å². The molecule has 0 bridgehead atoms. The molecule has 0 atom stereocenters. The molecule has 0 saturated carbocycles. The molecule has 0 saturated heterocycles. The molecule has 78 valence electrons. The predicted octanol–water partition coefficient (Wildman–Crippen LogP) is 1.05. The molecular formula is C11H14BNO2. The third kappa shape index (κ3) is 2.05. The molecule has 0 spiro atoms. The Labute approximate surface area is 89.9 Å². The molecule has 0 unspecified atom stereocenters. The monoisotopic (exact) mass is 203 g/mol. The van der Waals surface area contributed by atoms with Gasteiger partial charge in [0.1, 0.15) is 5.78 Å². The molecule has 1 aromatic rings. The number of benzene rings is 1. The van der Waals surface area contributed by atoms with E-state index in [2.05, 4.69) is 11.4 Å². The maximum Gasteiger partial charge on any atom is 0.326 e. The maximum atomic E-state index is 10.9. The Kier molecular flexibility index (Phi) is 2.78. The van der Waals surface area contributed by atoms with Crippen LogP contribution in [0.4, 0.5) is 5.69 Å². The average Bonchev–Trinajstić information content (AvgIpc) is 2.58. The van der Waals surface area contributed by atoms with Gasteiger partial charge in [-0.2, -0.15) is 0 Å². The number of hydrogen-bond acceptors (Lipinski definition) is 3. The fourth-order valence-electron chi connectivity index (χ4n) is 1.89. The second-order valence-corrected chi connectivity index (χ2v) is 3.89. The van der Waals surface area contributed by atoms with Gasteiger partial charge in [0.15, 0.2) is 0 Å². The minimum absolute atomic E-state index is 0.121. The van der Waals surface area contributed by atoms with Crippen molar-refractivity contribution in [3.8, 4) is 0 Å². The molecule has 0 radical (unpaired) electrons. The van der Waals surface area contributed by atoms with E-state index in [1.807, 2.05) is 19.0 Å². The molecule has 0 amide bonds. The molecular weight excluding hydrogens is 189 g/mol. The van der Waals surface area contributed by atoms with Crippen molar-refractivity contribution in [3.05, 3.63) is 23.8 Å². The van der Waals surface area contributed by atoms with Gasteiger partial charge in [-0.05, 0) is 24.0 Å². The Hall–Kier alpha value is -1.29. The van der Waals surface area contributed by atoms with Crippen LogP contribution in [0.3, 0.4) is 0 Å². The fourth-order valence-corrected chi connectivity index (χ4v) is 1.89. The largest absolute Gasteiger partial charge is 0.427 e. The summed E-state index contributed by atoms with van der Waals surface area (Å²) >= 11 is 0. The summed E-state index contributed by atoms with van der Waals surface area (Å²) in [5.41, 5.74) is 3.43. The third-order valence-electron chi connectivity index (χ3n) is 2.62. The first-order chi connectivity index (χ1) is 7.18. The number of rotatable bonds is 3. The lowest BCUT2D eigenvalue weighted by molar-refractivity contribution is -0.115. The minimum atomic E-state index is 0.121. The van der Waals surface area contributed by atoms with Crippen LogP contribution in [0.25, 0.3) is 0 Å². The Balaban J connectivity index is 2.24. The summed E-state index contributed by atoms with van der Waals surface area (Å²) in [6, 6.07) is 6.05. The van der Waals surface area contributed by atoms with E-state index in [4.69, 9.17) is 4.65 Å². The summed E-state index contributed by atoms with van der Waals surface area (Å²) in [6.07, 6.45) is 0. The van der Waals surface area contributed by atoms with E-state index in [-0.39, 0.29) is 12.7 Å². The van der Waals surface area contributed by atoms with E-state index < -0.39 is 0 Å². The van der Waals surface area contributed by atoms with Gasteiger partial charge in [0, 0.05) is 5.69 Å². The number of fused-ring (bicyclic) bond motifs is 1. The van der Waals surface area contributed by atoms with Crippen LogP contribution in [0.2, 0.25) is 6.82 Å². The maximum absolute atomic E-state index is 10.9. The number of carbonyl (C=O) groups is 1. The number of hydrogen-bond donors (Lipinski definition) is 1. The summed E-state index contributed by atoms with van der Waals surface area (Å²) < 4.78 is 5.55. The SMILES string of the molecule is CB1OCc2cccc(NCC(C)=O)c21. The first-order valence-corrected chi connectivity index (χ1v) is 5.15. The lowest BCUT2D eigenvalue weighted by Crippen LogP contribution is -2.28. The first-order valence-electron chi connectivity index (χ1n) is 5.15. The zero-order valence-electron chi connectivity index (χ0n) is 9.04. The lowest BCUT2D eigenvalue weighted by Gasteiger charge is -2.10. The second kappa shape index (κ2) is 4.07. The zero-order valence-corrected chi connectivity index (χ0v) is 9.04. The van der Waals surface area contributed by atoms with Gasteiger partial charge in [0.2, 0.25) is 0 Å². The lowest BCUT2D eigenvalue weighted by atomic mass is 9.63. The average molecular weight is 203 g/mol. The Bertz CT molecular complexity index is 392. The number of ketones is 1. The van der Waals surface area contributed by atoms with Crippen molar-refractivity contribution in [3.63, 3.8) is 0 Å². The summed E-state index contributed by atoms with van der Waals surface area (Å²) in [5.74, 6) is 0.138. The van der Waals surface area contributed by atoms with E-state index in [0.29, 0.717) is 13.2 Å². The van der Waals surface area contributed by atoms with Crippen molar-refractivity contribution in [2.45, 2.75) is 20.4 Å². The number of anilines is 1. The van der Waals surface area contributed by atoms with E-state index in [1.165, 1.54) is 11.0 Å². The van der Waals surface area contributed by atoms with Crippen molar-refractivity contribution in [2.75, 3.05) is 11.9 Å². The van der Waals surface area contributed by atoms with Crippen molar-refractivity contribution in [1.29, 1.82) is 0 Å². The molecule has 1 heterocycles. The minimum Gasteiger partial charge on any atom is -0.427 e. The van der Waals surface area contributed by atoms with Gasteiger partial charge >= 0.3 is 6.92 Å². The molecule has 4 heteroatoms. The van der Waals surface area contributed by atoms with Crippen LogP contribution in [0, 0.1) is 0 Å². The summed E-state index contributed by atoms with van der Waals surface area (Å²) in [6.45, 7) is 4.78.